The van der Waals surface area contributed by atoms with E-state index < -0.39 is 11.7 Å². The standard InChI is InChI=1S/C23H26ClF3N4O2/c24-19-11-17(23(25,26)27)14-29-21(19)31-9-7-16(8-10-31)22(32)30-13-15-5-6-20(28-12-15)33-18-3-1-2-4-18/h5-6,11-12,14,16,18H,1-4,7-10,13H2,(H,30,32). The number of amides is 1. The van der Waals surface area contributed by atoms with Gasteiger partial charge in [-0.1, -0.05) is 17.7 Å². The Morgan fingerprint density at radius 1 is 1.12 bits per heavy atom. The molecular weight excluding hydrogens is 457 g/mol. The summed E-state index contributed by atoms with van der Waals surface area (Å²) >= 11 is 6.05. The summed E-state index contributed by atoms with van der Waals surface area (Å²) in [5.74, 6) is 0.703. The zero-order chi connectivity index (χ0) is 23.4. The quantitative estimate of drug-likeness (QED) is 0.627. The highest BCUT2D eigenvalue weighted by molar-refractivity contribution is 6.33. The van der Waals surface area contributed by atoms with E-state index in [1.165, 1.54) is 12.8 Å². The number of piperidine rings is 1. The predicted octanol–water partition coefficient (Wildman–Crippen LogP) is 5.00. The van der Waals surface area contributed by atoms with Crippen molar-refractivity contribution in [3.05, 3.63) is 46.7 Å². The molecule has 0 radical (unpaired) electrons. The van der Waals surface area contributed by atoms with E-state index in [0.29, 0.717) is 44.2 Å². The van der Waals surface area contributed by atoms with Gasteiger partial charge in [0.25, 0.3) is 0 Å². The maximum atomic E-state index is 12.8. The van der Waals surface area contributed by atoms with E-state index in [1.54, 1.807) is 6.20 Å². The van der Waals surface area contributed by atoms with Crippen LogP contribution >= 0.6 is 11.6 Å². The maximum absolute atomic E-state index is 12.8. The van der Waals surface area contributed by atoms with Crippen molar-refractivity contribution < 1.29 is 22.7 Å². The molecule has 10 heteroatoms. The number of nitrogens with one attached hydrogen (secondary N) is 1. The smallest absolute Gasteiger partial charge is 0.417 e. The fourth-order valence-electron chi connectivity index (χ4n) is 4.27. The van der Waals surface area contributed by atoms with Crippen LogP contribution in [0.4, 0.5) is 19.0 Å². The number of rotatable bonds is 6. The van der Waals surface area contributed by atoms with Crippen molar-refractivity contribution in [3.8, 4) is 5.88 Å². The second-order valence-corrected chi connectivity index (χ2v) is 8.94. The molecular formula is C23H26ClF3N4O2. The molecule has 2 aromatic rings. The number of pyridine rings is 2. The lowest BCUT2D eigenvalue weighted by atomic mass is 9.96. The lowest BCUT2D eigenvalue weighted by molar-refractivity contribution is -0.137. The number of alkyl halides is 3. The zero-order valence-corrected chi connectivity index (χ0v) is 18.8. The molecule has 2 aromatic heterocycles. The molecule has 1 aliphatic heterocycles. The summed E-state index contributed by atoms with van der Waals surface area (Å²) < 4.78 is 44.3. The van der Waals surface area contributed by atoms with Crippen LogP contribution in [0.1, 0.15) is 49.7 Å². The van der Waals surface area contributed by atoms with Crippen molar-refractivity contribution in [2.45, 2.75) is 57.3 Å². The molecule has 6 nitrogen and oxygen atoms in total. The van der Waals surface area contributed by atoms with Crippen LogP contribution in [-0.2, 0) is 17.5 Å². The first-order valence-electron chi connectivity index (χ1n) is 11.2. The minimum atomic E-state index is -4.49. The van der Waals surface area contributed by atoms with Gasteiger partial charge in [0.1, 0.15) is 11.9 Å². The number of anilines is 1. The third-order valence-electron chi connectivity index (χ3n) is 6.17. The summed E-state index contributed by atoms with van der Waals surface area (Å²) in [6.07, 6.45) is 3.93. The first-order valence-corrected chi connectivity index (χ1v) is 11.5. The normalized spacial score (nSPS) is 17.9. The van der Waals surface area contributed by atoms with Gasteiger partial charge >= 0.3 is 6.18 Å². The van der Waals surface area contributed by atoms with E-state index in [1.807, 2.05) is 17.0 Å². The molecule has 1 amide bonds. The van der Waals surface area contributed by atoms with Gasteiger partial charge in [-0.2, -0.15) is 13.2 Å². The molecule has 0 aromatic carbocycles. The summed E-state index contributed by atoms with van der Waals surface area (Å²) in [6.45, 7) is 1.36. The summed E-state index contributed by atoms with van der Waals surface area (Å²) in [7, 11) is 0. The van der Waals surface area contributed by atoms with E-state index in [9.17, 15) is 18.0 Å². The Morgan fingerprint density at radius 2 is 1.85 bits per heavy atom. The molecule has 1 aliphatic carbocycles. The average Bonchev–Trinajstić information content (AvgIpc) is 3.31. The van der Waals surface area contributed by atoms with Gasteiger partial charge < -0.3 is 15.0 Å². The molecule has 178 valence electrons. The van der Waals surface area contributed by atoms with Gasteiger partial charge in [-0.3, -0.25) is 4.79 Å². The molecule has 1 N–H and O–H groups in total. The number of carbonyl (C=O) groups excluding carboxylic acids is 1. The fourth-order valence-corrected chi connectivity index (χ4v) is 4.55. The number of aromatic nitrogens is 2. The first-order chi connectivity index (χ1) is 15.8. The summed E-state index contributed by atoms with van der Waals surface area (Å²) in [6, 6.07) is 4.62. The Morgan fingerprint density at radius 3 is 2.45 bits per heavy atom. The second kappa shape index (κ2) is 10.2. The number of hydrogen-bond acceptors (Lipinski definition) is 5. The van der Waals surface area contributed by atoms with Gasteiger partial charge in [0.15, 0.2) is 0 Å². The summed E-state index contributed by atoms with van der Waals surface area (Å²) in [4.78, 5) is 22.7. The van der Waals surface area contributed by atoms with Crippen molar-refractivity contribution >= 4 is 23.3 Å². The lowest BCUT2D eigenvalue weighted by Gasteiger charge is -2.32. The second-order valence-electron chi connectivity index (χ2n) is 8.54. The van der Waals surface area contributed by atoms with Gasteiger partial charge in [-0.25, -0.2) is 9.97 Å². The third-order valence-corrected chi connectivity index (χ3v) is 6.45. The maximum Gasteiger partial charge on any atom is 0.417 e. The predicted molar refractivity (Wildman–Crippen MR) is 118 cm³/mol. The van der Waals surface area contributed by atoms with E-state index >= 15 is 0 Å². The molecule has 0 unspecified atom stereocenters. The number of halogens is 4. The van der Waals surface area contributed by atoms with Gasteiger partial charge in [0.05, 0.1) is 10.6 Å². The Labute approximate surface area is 195 Å². The average molecular weight is 483 g/mol. The highest BCUT2D eigenvalue weighted by Crippen LogP contribution is 2.34. The minimum absolute atomic E-state index is 0.0411. The van der Waals surface area contributed by atoms with Crippen LogP contribution in [0.15, 0.2) is 30.6 Å². The van der Waals surface area contributed by atoms with Gasteiger partial charge in [0.2, 0.25) is 11.8 Å². The topological polar surface area (TPSA) is 67.3 Å². The number of nitrogens with zero attached hydrogens (tertiary/aromatic N) is 3. The molecule has 1 saturated heterocycles. The zero-order valence-electron chi connectivity index (χ0n) is 18.1. The minimum Gasteiger partial charge on any atom is -0.474 e. The Hall–Kier alpha value is -2.55. The van der Waals surface area contributed by atoms with Crippen LogP contribution in [-0.4, -0.2) is 35.1 Å². The highest BCUT2D eigenvalue weighted by atomic mass is 35.5. The van der Waals surface area contributed by atoms with E-state index in [-0.39, 0.29) is 23.0 Å². The molecule has 4 rings (SSSR count). The number of ether oxygens (including phenoxy) is 1. The van der Waals surface area contributed by atoms with Crippen LogP contribution in [0.25, 0.3) is 0 Å². The highest BCUT2D eigenvalue weighted by Gasteiger charge is 2.33. The Bertz CT molecular complexity index is 957. The molecule has 0 bridgehead atoms. The molecule has 2 fully saturated rings. The summed E-state index contributed by atoms with van der Waals surface area (Å²) in [5, 5.41) is 2.91. The number of carbonyl (C=O) groups is 1. The molecule has 2 aliphatic rings. The van der Waals surface area contributed by atoms with Crippen LogP contribution in [0.2, 0.25) is 5.02 Å². The largest absolute Gasteiger partial charge is 0.474 e. The van der Waals surface area contributed by atoms with Crippen LogP contribution in [0, 0.1) is 5.92 Å². The van der Waals surface area contributed by atoms with Gasteiger partial charge in [-0.05, 0) is 50.2 Å². The monoisotopic (exact) mass is 482 g/mol. The molecule has 3 heterocycles. The van der Waals surface area contributed by atoms with Crippen molar-refractivity contribution in [1.82, 2.24) is 15.3 Å². The third kappa shape index (κ3) is 6.07. The van der Waals surface area contributed by atoms with Crippen LogP contribution in [0.3, 0.4) is 0 Å². The van der Waals surface area contributed by atoms with E-state index in [0.717, 1.165) is 30.7 Å². The molecule has 0 atom stereocenters. The lowest BCUT2D eigenvalue weighted by Crippen LogP contribution is -2.40. The Balaban J connectivity index is 1.24. The first kappa shape index (κ1) is 23.6. The Kier molecular flexibility index (Phi) is 7.26. The van der Waals surface area contributed by atoms with E-state index in [2.05, 4.69) is 15.3 Å². The SMILES string of the molecule is O=C(NCc1ccc(OC2CCCC2)nc1)C1CCN(c2ncc(C(F)(F)F)cc2Cl)CC1. The van der Waals surface area contributed by atoms with Gasteiger partial charge in [-0.15, -0.1) is 0 Å². The molecule has 33 heavy (non-hydrogen) atoms. The number of hydrogen-bond donors (Lipinski definition) is 1. The van der Waals surface area contributed by atoms with Crippen molar-refractivity contribution in [2.24, 2.45) is 5.92 Å². The molecule has 1 saturated carbocycles. The van der Waals surface area contributed by atoms with Crippen molar-refractivity contribution in [1.29, 1.82) is 0 Å². The van der Waals surface area contributed by atoms with Crippen LogP contribution in [0.5, 0.6) is 5.88 Å². The van der Waals surface area contributed by atoms with Crippen LogP contribution < -0.4 is 15.0 Å². The summed E-state index contributed by atoms with van der Waals surface area (Å²) in [5.41, 5.74) is 0.0124. The van der Waals surface area contributed by atoms with E-state index in [4.69, 9.17) is 16.3 Å². The molecule has 0 spiro atoms. The van der Waals surface area contributed by atoms with Crippen molar-refractivity contribution in [3.63, 3.8) is 0 Å². The van der Waals surface area contributed by atoms with Gasteiger partial charge in [0, 0.05) is 44.0 Å². The fraction of sp³-hybridized carbons (Fsp3) is 0.522. The van der Waals surface area contributed by atoms with Crippen molar-refractivity contribution in [2.75, 3.05) is 18.0 Å².